The number of alkyl halides is 1. The van der Waals surface area contributed by atoms with Crippen LogP contribution in [0.15, 0.2) is 0 Å². The van der Waals surface area contributed by atoms with E-state index in [9.17, 15) is 0 Å². The maximum absolute atomic E-state index is 8.92. The molecule has 0 fully saturated rings. The van der Waals surface area contributed by atoms with Gasteiger partial charge in [0.05, 0.1) is 17.5 Å². The summed E-state index contributed by atoms with van der Waals surface area (Å²) in [6.07, 6.45) is 0.260. The van der Waals surface area contributed by atoms with E-state index in [1.807, 2.05) is 6.92 Å². The van der Waals surface area contributed by atoms with Crippen LogP contribution >= 0.6 is 15.9 Å². The third-order valence-electron chi connectivity index (χ3n) is 1.01. The van der Waals surface area contributed by atoms with Gasteiger partial charge in [0.15, 0.2) is 0 Å². The van der Waals surface area contributed by atoms with Crippen molar-refractivity contribution in [2.24, 2.45) is 0 Å². The molecule has 0 rings (SSSR count). The zero-order valence-electron chi connectivity index (χ0n) is 4.84. The lowest BCUT2D eigenvalue weighted by molar-refractivity contribution is 0.139. The summed E-state index contributed by atoms with van der Waals surface area (Å²) in [7, 11) is 0. The van der Waals surface area contributed by atoms with E-state index in [0.29, 0.717) is 6.42 Å². The van der Waals surface area contributed by atoms with Gasteiger partial charge in [-0.25, -0.2) is 0 Å². The third kappa shape index (κ3) is 2.64. The molecule has 0 saturated heterocycles. The molecule has 2 atom stereocenters. The molecule has 50 valence electrons. The van der Waals surface area contributed by atoms with Gasteiger partial charge < -0.3 is 10.2 Å². The van der Waals surface area contributed by atoms with Gasteiger partial charge in [0, 0.05) is 0 Å². The van der Waals surface area contributed by atoms with Gasteiger partial charge in [-0.15, -0.1) is 0 Å². The molecule has 0 aromatic carbocycles. The monoisotopic (exact) mass is 182 g/mol. The van der Waals surface area contributed by atoms with E-state index in [-0.39, 0.29) is 11.4 Å². The Balaban J connectivity index is 3.29. The van der Waals surface area contributed by atoms with Crippen molar-refractivity contribution in [2.45, 2.75) is 24.3 Å². The summed E-state index contributed by atoms with van der Waals surface area (Å²) in [5.41, 5.74) is 0. The summed E-state index contributed by atoms with van der Waals surface area (Å²) in [6, 6.07) is 0. The van der Waals surface area contributed by atoms with Crippen molar-refractivity contribution < 1.29 is 10.2 Å². The average Bonchev–Trinajstić information content (AvgIpc) is 1.84. The Morgan fingerprint density at radius 2 is 2.12 bits per heavy atom. The van der Waals surface area contributed by atoms with Crippen molar-refractivity contribution in [3.05, 3.63) is 0 Å². The predicted octanol–water partition coefficient (Wildman–Crippen LogP) is 0.513. The van der Waals surface area contributed by atoms with Gasteiger partial charge in [0.1, 0.15) is 0 Å². The number of hydrogen-bond acceptors (Lipinski definition) is 2. The smallest absolute Gasteiger partial charge is 0.0684 e. The topological polar surface area (TPSA) is 40.5 Å². The highest BCUT2D eigenvalue weighted by atomic mass is 79.9. The molecule has 2 N–H and O–H groups in total. The standard InChI is InChI=1S/C5H11BrO2/c1-2-5(8)4(6)3-7/h4-5,7-8H,2-3H2,1H3. The molecule has 0 radical (unpaired) electrons. The van der Waals surface area contributed by atoms with Crippen molar-refractivity contribution in [1.82, 2.24) is 0 Å². The molecule has 0 aromatic rings. The second kappa shape index (κ2) is 4.30. The van der Waals surface area contributed by atoms with Gasteiger partial charge >= 0.3 is 0 Å². The van der Waals surface area contributed by atoms with Crippen molar-refractivity contribution in [3.63, 3.8) is 0 Å². The predicted molar refractivity (Wildman–Crippen MR) is 36.1 cm³/mol. The van der Waals surface area contributed by atoms with Crippen molar-refractivity contribution in [2.75, 3.05) is 6.61 Å². The highest BCUT2D eigenvalue weighted by Gasteiger charge is 2.10. The molecule has 0 aliphatic carbocycles. The minimum atomic E-state index is -0.417. The van der Waals surface area contributed by atoms with E-state index in [4.69, 9.17) is 10.2 Å². The normalized spacial score (nSPS) is 18.0. The van der Waals surface area contributed by atoms with Crippen LogP contribution < -0.4 is 0 Å². The quantitative estimate of drug-likeness (QED) is 0.626. The van der Waals surface area contributed by atoms with Crippen molar-refractivity contribution in [1.29, 1.82) is 0 Å². The van der Waals surface area contributed by atoms with Crippen LogP contribution in [0.5, 0.6) is 0 Å². The summed E-state index contributed by atoms with van der Waals surface area (Å²) in [5, 5.41) is 17.3. The lowest BCUT2D eigenvalue weighted by Gasteiger charge is -2.10. The summed E-state index contributed by atoms with van der Waals surface area (Å²) in [6.45, 7) is 1.86. The largest absolute Gasteiger partial charge is 0.395 e. The highest BCUT2D eigenvalue weighted by molar-refractivity contribution is 9.09. The number of aliphatic hydroxyl groups excluding tert-OH is 2. The van der Waals surface area contributed by atoms with Gasteiger partial charge in [-0.3, -0.25) is 0 Å². The first kappa shape index (κ1) is 8.40. The van der Waals surface area contributed by atoms with E-state index in [0.717, 1.165) is 0 Å². The number of hydrogen-bond donors (Lipinski definition) is 2. The third-order valence-corrected chi connectivity index (χ3v) is 1.91. The van der Waals surface area contributed by atoms with Crippen LogP contribution in [0.4, 0.5) is 0 Å². The summed E-state index contributed by atoms with van der Waals surface area (Å²) >= 11 is 3.10. The van der Waals surface area contributed by atoms with Crippen molar-refractivity contribution >= 4 is 15.9 Å². The van der Waals surface area contributed by atoms with Gasteiger partial charge in [-0.1, -0.05) is 22.9 Å². The van der Waals surface area contributed by atoms with Gasteiger partial charge in [-0.05, 0) is 6.42 Å². The lowest BCUT2D eigenvalue weighted by Crippen LogP contribution is -2.22. The Labute approximate surface area is 57.7 Å². The fourth-order valence-corrected chi connectivity index (χ4v) is 0.751. The number of rotatable bonds is 3. The molecule has 0 heterocycles. The SMILES string of the molecule is CCC(O)C(Br)CO. The summed E-state index contributed by atoms with van der Waals surface area (Å²) in [5.74, 6) is 0. The molecule has 3 heteroatoms. The van der Waals surface area contributed by atoms with Crippen LogP contribution in [0, 0.1) is 0 Å². The lowest BCUT2D eigenvalue weighted by atomic mass is 10.2. The van der Waals surface area contributed by atoms with Crippen LogP contribution in [-0.4, -0.2) is 27.8 Å². The Hall–Kier alpha value is 0.400. The molecule has 2 nitrogen and oxygen atoms in total. The maximum atomic E-state index is 8.92. The van der Waals surface area contributed by atoms with Gasteiger partial charge in [-0.2, -0.15) is 0 Å². The van der Waals surface area contributed by atoms with Gasteiger partial charge in [0.2, 0.25) is 0 Å². The zero-order valence-corrected chi connectivity index (χ0v) is 6.43. The minimum Gasteiger partial charge on any atom is -0.395 e. The van der Waals surface area contributed by atoms with Crippen LogP contribution in [0.1, 0.15) is 13.3 Å². The second-order valence-corrected chi connectivity index (χ2v) is 2.85. The maximum Gasteiger partial charge on any atom is 0.0684 e. The number of aliphatic hydroxyl groups is 2. The van der Waals surface area contributed by atoms with E-state index in [2.05, 4.69) is 15.9 Å². The molecule has 0 aliphatic heterocycles. The van der Waals surface area contributed by atoms with Crippen LogP contribution in [0.2, 0.25) is 0 Å². The molecule has 0 aliphatic rings. The van der Waals surface area contributed by atoms with E-state index in [1.54, 1.807) is 0 Å². The summed E-state index contributed by atoms with van der Waals surface area (Å²) in [4.78, 5) is -0.160. The van der Waals surface area contributed by atoms with Crippen LogP contribution in [-0.2, 0) is 0 Å². The molecular formula is C5H11BrO2. The molecule has 0 saturated carbocycles. The average molecular weight is 183 g/mol. The van der Waals surface area contributed by atoms with E-state index < -0.39 is 6.10 Å². The molecule has 0 bridgehead atoms. The first-order valence-electron chi connectivity index (χ1n) is 2.65. The van der Waals surface area contributed by atoms with Crippen LogP contribution in [0.25, 0.3) is 0 Å². The fraction of sp³-hybridized carbons (Fsp3) is 1.00. The van der Waals surface area contributed by atoms with E-state index in [1.165, 1.54) is 0 Å². The Kier molecular flexibility index (Phi) is 4.51. The highest BCUT2D eigenvalue weighted by Crippen LogP contribution is 2.06. The van der Waals surface area contributed by atoms with Crippen molar-refractivity contribution in [3.8, 4) is 0 Å². The Morgan fingerprint density at radius 3 is 2.25 bits per heavy atom. The van der Waals surface area contributed by atoms with E-state index >= 15 is 0 Å². The zero-order chi connectivity index (χ0) is 6.57. The Bertz CT molecular complexity index is 50.4. The molecule has 0 amide bonds. The number of halogens is 1. The first-order valence-corrected chi connectivity index (χ1v) is 3.57. The van der Waals surface area contributed by atoms with Crippen LogP contribution in [0.3, 0.4) is 0 Å². The minimum absolute atomic E-state index is 0.00495. The molecular weight excluding hydrogens is 172 g/mol. The molecule has 2 unspecified atom stereocenters. The summed E-state index contributed by atoms with van der Waals surface area (Å²) < 4.78 is 0. The molecule has 8 heavy (non-hydrogen) atoms. The van der Waals surface area contributed by atoms with Gasteiger partial charge in [0.25, 0.3) is 0 Å². The second-order valence-electron chi connectivity index (χ2n) is 1.67. The fourth-order valence-electron chi connectivity index (χ4n) is 0.377. The Morgan fingerprint density at radius 1 is 1.62 bits per heavy atom. The molecule has 0 aromatic heterocycles. The first-order chi connectivity index (χ1) is 3.72. The molecule has 0 spiro atoms.